The van der Waals surface area contributed by atoms with Gasteiger partial charge >= 0.3 is 0 Å². The molecule has 1 saturated heterocycles. The monoisotopic (exact) mass is 260 g/mol. The molecule has 1 aromatic carbocycles. The molecule has 19 heavy (non-hydrogen) atoms. The van der Waals surface area contributed by atoms with Gasteiger partial charge in [-0.05, 0) is 32.1 Å². The number of nitrogens with one attached hydrogen (secondary N) is 1. The Morgan fingerprint density at radius 1 is 0.947 bits per heavy atom. The first-order chi connectivity index (χ1) is 9.35. The van der Waals surface area contributed by atoms with Crippen molar-refractivity contribution < 1.29 is 4.90 Å². The van der Waals surface area contributed by atoms with Gasteiger partial charge in [0.1, 0.15) is 6.54 Å². The number of quaternary nitrogens is 1. The van der Waals surface area contributed by atoms with Gasteiger partial charge in [-0.25, -0.2) is 0 Å². The van der Waals surface area contributed by atoms with Crippen molar-refractivity contribution in [2.75, 3.05) is 0 Å². The fourth-order valence-corrected chi connectivity index (χ4v) is 3.79. The second-order valence-corrected chi connectivity index (χ2v) is 6.14. The van der Waals surface area contributed by atoms with E-state index in [1.54, 1.807) is 0 Å². The third-order valence-corrected chi connectivity index (χ3v) is 4.68. The van der Waals surface area contributed by atoms with Crippen molar-refractivity contribution in [1.29, 1.82) is 0 Å². The number of benzene rings is 1. The maximum absolute atomic E-state index is 2.34. The molecule has 1 nitrogen and oxygen atoms in total. The Morgan fingerprint density at radius 2 is 1.53 bits per heavy atom. The summed E-state index contributed by atoms with van der Waals surface area (Å²) in [5.74, 6) is 0. The van der Waals surface area contributed by atoms with Crippen molar-refractivity contribution >= 4 is 0 Å². The summed E-state index contributed by atoms with van der Waals surface area (Å²) in [5, 5.41) is 0. The van der Waals surface area contributed by atoms with Gasteiger partial charge in [-0.15, -0.1) is 0 Å². The molecule has 0 radical (unpaired) electrons. The zero-order chi connectivity index (χ0) is 13.5. The van der Waals surface area contributed by atoms with Gasteiger partial charge in [0, 0.05) is 5.56 Å². The first kappa shape index (κ1) is 14.6. The molecule has 2 atom stereocenters. The zero-order valence-electron chi connectivity index (χ0n) is 12.7. The fraction of sp³-hybridized carbons (Fsp3) is 0.667. The first-order valence-electron chi connectivity index (χ1n) is 8.24. The molecule has 106 valence electrons. The van der Waals surface area contributed by atoms with E-state index < -0.39 is 0 Å². The van der Waals surface area contributed by atoms with Crippen LogP contribution in [0.1, 0.15) is 64.4 Å². The molecule has 1 heteroatoms. The van der Waals surface area contributed by atoms with Crippen LogP contribution in [0.4, 0.5) is 0 Å². The molecule has 0 amide bonds. The molecule has 1 fully saturated rings. The number of piperidine rings is 1. The lowest BCUT2D eigenvalue weighted by molar-refractivity contribution is -0.968. The molecule has 0 unspecified atom stereocenters. The van der Waals surface area contributed by atoms with Gasteiger partial charge in [0.2, 0.25) is 0 Å². The van der Waals surface area contributed by atoms with Crippen molar-refractivity contribution in [3.63, 3.8) is 0 Å². The second-order valence-electron chi connectivity index (χ2n) is 6.14. The second kappa shape index (κ2) is 7.69. The quantitative estimate of drug-likeness (QED) is 0.797. The van der Waals surface area contributed by atoms with E-state index in [0.717, 1.165) is 12.1 Å². The number of likely N-dealkylation sites (tertiary alicyclic amines) is 1. The number of rotatable bonds is 6. The van der Waals surface area contributed by atoms with E-state index >= 15 is 0 Å². The molecule has 0 saturated carbocycles. The molecule has 0 aromatic heterocycles. The predicted molar refractivity (Wildman–Crippen MR) is 82.4 cm³/mol. The molecule has 1 N–H and O–H groups in total. The molecule has 1 aliphatic rings. The van der Waals surface area contributed by atoms with Crippen LogP contribution in [-0.2, 0) is 6.54 Å². The Bertz CT molecular complexity index is 328. The van der Waals surface area contributed by atoms with Crippen LogP contribution in [0.25, 0.3) is 0 Å². The minimum absolute atomic E-state index is 0.899. The van der Waals surface area contributed by atoms with Crippen LogP contribution < -0.4 is 4.90 Å². The summed E-state index contributed by atoms with van der Waals surface area (Å²) in [4.78, 5) is 1.88. The highest BCUT2D eigenvalue weighted by Crippen LogP contribution is 2.16. The summed E-state index contributed by atoms with van der Waals surface area (Å²) in [5.41, 5.74) is 1.52. The normalized spacial score (nSPS) is 24.5. The minimum atomic E-state index is 0.899. The molecule has 2 rings (SSSR count). The van der Waals surface area contributed by atoms with Crippen LogP contribution in [0, 0.1) is 0 Å². The van der Waals surface area contributed by atoms with Crippen LogP contribution in [0.3, 0.4) is 0 Å². The van der Waals surface area contributed by atoms with Crippen LogP contribution in [0.2, 0.25) is 0 Å². The third kappa shape index (κ3) is 4.07. The van der Waals surface area contributed by atoms with Crippen molar-refractivity contribution in [2.45, 2.75) is 77.4 Å². The molecule has 0 bridgehead atoms. The van der Waals surface area contributed by atoms with Crippen LogP contribution in [-0.4, -0.2) is 12.1 Å². The topological polar surface area (TPSA) is 4.44 Å². The number of hydrogen-bond acceptors (Lipinski definition) is 0. The Balaban J connectivity index is 2.08. The van der Waals surface area contributed by atoms with Crippen molar-refractivity contribution in [2.24, 2.45) is 0 Å². The standard InChI is InChI=1S/C18H29N/c1-3-9-17-13-8-14-18(10-4-2)19(17)15-16-11-6-5-7-12-16/h5-7,11-12,17-18H,3-4,8-10,13-15H2,1-2H3/p+1/t17-,18-/m0/s1. The van der Waals surface area contributed by atoms with E-state index in [2.05, 4.69) is 44.2 Å². The van der Waals surface area contributed by atoms with Crippen molar-refractivity contribution in [3.8, 4) is 0 Å². The number of hydrogen-bond donors (Lipinski definition) is 1. The molecule has 1 aliphatic heterocycles. The predicted octanol–water partition coefficient (Wildman–Crippen LogP) is 3.59. The lowest BCUT2D eigenvalue weighted by Crippen LogP contribution is -3.18. The summed E-state index contributed by atoms with van der Waals surface area (Å²) < 4.78 is 0. The highest BCUT2D eigenvalue weighted by molar-refractivity contribution is 5.13. The Hall–Kier alpha value is -0.820. The molecule has 0 spiro atoms. The summed E-state index contributed by atoms with van der Waals surface area (Å²) in [6.07, 6.45) is 9.81. The van der Waals surface area contributed by atoms with E-state index in [4.69, 9.17) is 0 Å². The van der Waals surface area contributed by atoms with Gasteiger partial charge in [0.05, 0.1) is 12.1 Å². The molecule has 1 heterocycles. The van der Waals surface area contributed by atoms with Gasteiger partial charge in [-0.1, -0.05) is 57.0 Å². The van der Waals surface area contributed by atoms with E-state index in [1.165, 1.54) is 57.1 Å². The third-order valence-electron chi connectivity index (χ3n) is 4.68. The maximum atomic E-state index is 2.34. The Labute approximate surface area is 119 Å². The van der Waals surface area contributed by atoms with Gasteiger partial charge in [-0.3, -0.25) is 0 Å². The average Bonchev–Trinajstić information content (AvgIpc) is 2.44. The van der Waals surface area contributed by atoms with Crippen LogP contribution in [0.5, 0.6) is 0 Å². The van der Waals surface area contributed by atoms with Gasteiger partial charge in [-0.2, -0.15) is 0 Å². The SMILES string of the molecule is CCC[C@H]1CCC[C@H](CCC)[NH+]1Cc1ccccc1. The lowest BCUT2D eigenvalue weighted by atomic mass is 9.90. The lowest BCUT2D eigenvalue weighted by Gasteiger charge is -2.39. The molecule has 1 aromatic rings. The Morgan fingerprint density at radius 3 is 2.05 bits per heavy atom. The summed E-state index contributed by atoms with van der Waals surface area (Å²) >= 11 is 0. The summed E-state index contributed by atoms with van der Waals surface area (Å²) in [6, 6.07) is 12.9. The van der Waals surface area contributed by atoms with Gasteiger partial charge in [0.15, 0.2) is 0 Å². The minimum Gasteiger partial charge on any atom is -0.326 e. The van der Waals surface area contributed by atoms with E-state index in [1.807, 2.05) is 4.90 Å². The molecule has 0 aliphatic carbocycles. The first-order valence-corrected chi connectivity index (χ1v) is 8.24. The van der Waals surface area contributed by atoms with E-state index in [0.29, 0.717) is 0 Å². The van der Waals surface area contributed by atoms with Crippen molar-refractivity contribution in [1.82, 2.24) is 0 Å². The van der Waals surface area contributed by atoms with Gasteiger partial charge in [0.25, 0.3) is 0 Å². The summed E-state index contributed by atoms with van der Waals surface area (Å²) in [6.45, 7) is 5.91. The molecular weight excluding hydrogens is 230 g/mol. The highest BCUT2D eigenvalue weighted by Gasteiger charge is 2.32. The largest absolute Gasteiger partial charge is 0.326 e. The average molecular weight is 260 g/mol. The van der Waals surface area contributed by atoms with Gasteiger partial charge < -0.3 is 4.90 Å². The van der Waals surface area contributed by atoms with E-state index in [-0.39, 0.29) is 0 Å². The Kier molecular flexibility index (Phi) is 5.91. The van der Waals surface area contributed by atoms with Crippen molar-refractivity contribution in [3.05, 3.63) is 35.9 Å². The highest BCUT2D eigenvalue weighted by atomic mass is 15.2. The fourth-order valence-electron chi connectivity index (χ4n) is 3.79. The zero-order valence-corrected chi connectivity index (χ0v) is 12.7. The maximum Gasteiger partial charge on any atom is 0.103 e. The molecular formula is C18H30N+. The van der Waals surface area contributed by atoms with Crippen LogP contribution >= 0.6 is 0 Å². The summed E-state index contributed by atoms with van der Waals surface area (Å²) in [7, 11) is 0. The van der Waals surface area contributed by atoms with Crippen LogP contribution in [0.15, 0.2) is 30.3 Å². The van der Waals surface area contributed by atoms with E-state index in [9.17, 15) is 0 Å². The smallest absolute Gasteiger partial charge is 0.103 e.